The van der Waals surface area contributed by atoms with Gasteiger partial charge in [0.15, 0.2) is 0 Å². The van der Waals surface area contributed by atoms with Crippen LogP contribution in [0.2, 0.25) is 0 Å². The third kappa shape index (κ3) is 3.75. The number of ether oxygens (including phenoxy) is 1. The lowest BCUT2D eigenvalue weighted by Gasteiger charge is -2.28. The number of carbonyl (C=O) groups is 1. The molecule has 21 heavy (non-hydrogen) atoms. The van der Waals surface area contributed by atoms with E-state index in [1.54, 1.807) is 12.1 Å². The van der Waals surface area contributed by atoms with Gasteiger partial charge in [0.2, 0.25) is 0 Å². The van der Waals surface area contributed by atoms with Crippen molar-refractivity contribution in [1.82, 2.24) is 0 Å². The number of aromatic hydroxyl groups is 1. The van der Waals surface area contributed by atoms with Crippen molar-refractivity contribution in [3.63, 3.8) is 0 Å². The number of hydrogen-bond acceptors (Lipinski definition) is 3. The van der Waals surface area contributed by atoms with Crippen LogP contribution in [0.5, 0.6) is 11.5 Å². The number of phenols is 1. The summed E-state index contributed by atoms with van der Waals surface area (Å²) in [5.74, 6) is 0.0120. The first kappa shape index (κ1) is 17.0. The minimum Gasteiger partial charge on any atom is -0.507 e. The molecule has 1 atom stereocenters. The molecule has 0 aromatic heterocycles. The molecule has 114 valence electrons. The zero-order valence-corrected chi connectivity index (χ0v) is 13.3. The van der Waals surface area contributed by atoms with Crippen LogP contribution >= 0.6 is 0 Å². The van der Waals surface area contributed by atoms with Crippen LogP contribution in [0.4, 0.5) is 0 Å². The Labute approximate surface area is 127 Å². The molecule has 1 aromatic rings. The largest absolute Gasteiger partial charge is 0.507 e. The van der Waals surface area contributed by atoms with E-state index < -0.39 is 0 Å². The van der Waals surface area contributed by atoms with Gasteiger partial charge in [0.25, 0.3) is 0 Å². The minimum absolute atomic E-state index is 0.0857. The Morgan fingerprint density at radius 1 is 1.29 bits per heavy atom. The zero-order valence-electron chi connectivity index (χ0n) is 13.3. The Kier molecular flexibility index (Phi) is 5.36. The van der Waals surface area contributed by atoms with E-state index in [1.165, 1.54) is 12.1 Å². The standard InChI is InChI=1S/C18H24O3/c1-7-12-13(8-2)16(11-10-15(12)19)21-17(20)14(9-3)18(4,5)6/h7-8,10-11,14,19H,1-2,9H2,3-6H3. The maximum absolute atomic E-state index is 12.4. The molecule has 0 bridgehead atoms. The maximum atomic E-state index is 12.4. The van der Waals surface area contributed by atoms with Crippen molar-refractivity contribution >= 4 is 18.1 Å². The number of hydrogen-bond donors (Lipinski definition) is 1. The Morgan fingerprint density at radius 2 is 1.86 bits per heavy atom. The topological polar surface area (TPSA) is 46.5 Å². The summed E-state index contributed by atoms with van der Waals surface area (Å²) in [5, 5.41) is 9.81. The molecule has 0 saturated heterocycles. The third-order valence-corrected chi connectivity index (χ3v) is 3.58. The summed E-state index contributed by atoms with van der Waals surface area (Å²) in [6.07, 6.45) is 3.78. The molecule has 0 saturated carbocycles. The van der Waals surface area contributed by atoms with Crippen molar-refractivity contribution in [1.29, 1.82) is 0 Å². The summed E-state index contributed by atoms with van der Waals surface area (Å²) in [6, 6.07) is 3.07. The average Bonchev–Trinajstić information content (AvgIpc) is 2.39. The molecule has 1 rings (SSSR count). The highest BCUT2D eigenvalue weighted by molar-refractivity contribution is 5.80. The Balaban J connectivity index is 3.17. The molecular weight excluding hydrogens is 264 g/mol. The van der Waals surface area contributed by atoms with E-state index in [9.17, 15) is 9.90 Å². The minimum atomic E-state index is -0.270. The molecule has 0 aliphatic carbocycles. The quantitative estimate of drug-likeness (QED) is 0.633. The molecule has 0 amide bonds. The molecule has 0 fully saturated rings. The first-order chi connectivity index (χ1) is 9.76. The van der Waals surface area contributed by atoms with E-state index in [-0.39, 0.29) is 23.1 Å². The molecule has 0 spiro atoms. The Bertz CT molecular complexity index is 550. The van der Waals surface area contributed by atoms with Gasteiger partial charge in [-0.05, 0) is 24.0 Å². The van der Waals surface area contributed by atoms with E-state index in [2.05, 4.69) is 13.2 Å². The van der Waals surface area contributed by atoms with Gasteiger partial charge in [-0.15, -0.1) is 0 Å². The lowest BCUT2D eigenvalue weighted by Crippen LogP contribution is -2.31. The third-order valence-electron chi connectivity index (χ3n) is 3.58. The van der Waals surface area contributed by atoms with E-state index in [0.29, 0.717) is 23.3 Å². The molecule has 1 N–H and O–H groups in total. The van der Waals surface area contributed by atoms with Crippen LogP contribution in [0.3, 0.4) is 0 Å². The van der Waals surface area contributed by atoms with Gasteiger partial charge in [0.05, 0.1) is 5.92 Å². The first-order valence-electron chi connectivity index (χ1n) is 7.08. The second-order valence-corrected chi connectivity index (χ2v) is 6.07. The average molecular weight is 288 g/mol. The summed E-state index contributed by atoms with van der Waals surface area (Å²) < 4.78 is 5.54. The van der Waals surface area contributed by atoms with Crippen molar-refractivity contribution in [2.24, 2.45) is 11.3 Å². The number of benzene rings is 1. The molecule has 1 unspecified atom stereocenters. The van der Waals surface area contributed by atoms with Crippen LogP contribution in [0.1, 0.15) is 45.2 Å². The molecule has 0 aliphatic heterocycles. The Morgan fingerprint density at radius 3 is 2.29 bits per heavy atom. The predicted octanol–water partition coefficient (Wildman–Crippen LogP) is 4.66. The van der Waals surface area contributed by atoms with E-state index in [1.807, 2.05) is 27.7 Å². The Hall–Kier alpha value is -2.03. The molecule has 0 aliphatic rings. The molecule has 0 heterocycles. The molecule has 3 nitrogen and oxygen atoms in total. The van der Waals surface area contributed by atoms with Crippen molar-refractivity contribution in [3.05, 3.63) is 36.4 Å². The second kappa shape index (κ2) is 6.61. The smallest absolute Gasteiger partial charge is 0.314 e. The summed E-state index contributed by atoms with van der Waals surface area (Å²) in [5.41, 5.74) is 0.916. The lowest BCUT2D eigenvalue weighted by molar-refractivity contribution is -0.142. The number of rotatable bonds is 5. The molecule has 1 aromatic carbocycles. The summed E-state index contributed by atoms with van der Waals surface area (Å²) in [4.78, 5) is 12.4. The molecular formula is C18H24O3. The first-order valence-corrected chi connectivity index (χ1v) is 7.08. The highest BCUT2D eigenvalue weighted by atomic mass is 16.5. The van der Waals surface area contributed by atoms with Gasteiger partial charge >= 0.3 is 5.97 Å². The number of carbonyl (C=O) groups excluding carboxylic acids is 1. The van der Waals surface area contributed by atoms with Gasteiger partial charge in [0.1, 0.15) is 11.5 Å². The predicted molar refractivity (Wildman–Crippen MR) is 87.2 cm³/mol. The lowest BCUT2D eigenvalue weighted by atomic mass is 9.79. The van der Waals surface area contributed by atoms with E-state index >= 15 is 0 Å². The summed E-state index contributed by atoms with van der Waals surface area (Å²) >= 11 is 0. The van der Waals surface area contributed by atoms with Crippen LogP contribution in [-0.2, 0) is 4.79 Å². The van der Waals surface area contributed by atoms with Crippen molar-refractivity contribution in [3.8, 4) is 11.5 Å². The van der Waals surface area contributed by atoms with Crippen molar-refractivity contribution in [2.75, 3.05) is 0 Å². The monoisotopic (exact) mass is 288 g/mol. The van der Waals surface area contributed by atoms with Crippen molar-refractivity contribution in [2.45, 2.75) is 34.1 Å². The van der Waals surface area contributed by atoms with Gasteiger partial charge in [0, 0.05) is 11.1 Å². The van der Waals surface area contributed by atoms with Crippen molar-refractivity contribution < 1.29 is 14.6 Å². The summed E-state index contributed by atoms with van der Waals surface area (Å²) in [6.45, 7) is 15.4. The van der Waals surface area contributed by atoms with Crippen LogP contribution < -0.4 is 4.74 Å². The van der Waals surface area contributed by atoms with Gasteiger partial charge in [-0.3, -0.25) is 4.79 Å². The summed E-state index contributed by atoms with van der Waals surface area (Å²) in [7, 11) is 0. The highest BCUT2D eigenvalue weighted by Gasteiger charge is 2.31. The maximum Gasteiger partial charge on any atom is 0.314 e. The highest BCUT2D eigenvalue weighted by Crippen LogP contribution is 2.34. The van der Waals surface area contributed by atoms with Gasteiger partial charge in [-0.2, -0.15) is 0 Å². The SMILES string of the molecule is C=Cc1c(O)ccc(OC(=O)C(CC)C(C)(C)C)c1C=C. The molecule has 0 radical (unpaired) electrons. The van der Waals surface area contributed by atoms with Gasteiger partial charge in [-0.25, -0.2) is 0 Å². The van der Waals surface area contributed by atoms with Gasteiger partial charge in [-0.1, -0.05) is 53.0 Å². The normalized spacial score (nSPS) is 12.6. The second-order valence-electron chi connectivity index (χ2n) is 6.07. The molecule has 3 heteroatoms. The van der Waals surface area contributed by atoms with Crippen LogP contribution in [-0.4, -0.2) is 11.1 Å². The van der Waals surface area contributed by atoms with Crippen LogP contribution in [0, 0.1) is 11.3 Å². The van der Waals surface area contributed by atoms with Gasteiger partial charge < -0.3 is 9.84 Å². The van der Waals surface area contributed by atoms with Crippen LogP contribution in [0.15, 0.2) is 25.3 Å². The van der Waals surface area contributed by atoms with E-state index in [4.69, 9.17) is 4.74 Å². The zero-order chi connectivity index (χ0) is 16.2. The fourth-order valence-corrected chi connectivity index (χ4v) is 2.43. The fourth-order valence-electron chi connectivity index (χ4n) is 2.43. The van der Waals surface area contributed by atoms with Crippen LogP contribution in [0.25, 0.3) is 12.2 Å². The number of esters is 1. The fraction of sp³-hybridized carbons (Fsp3) is 0.389. The number of phenolic OH excluding ortho intramolecular Hbond substituents is 1. The van der Waals surface area contributed by atoms with E-state index in [0.717, 1.165) is 0 Å².